The Morgan fingerprint density at radius 3 is 2.26 bits per heavy atom. The monoisotopic (exact) mass is 257 g/mol. The third kappa shape index (κ3) is 2.96. The Balaban J connectivity index is 2.23. The third-order valence-electron chi connectivity index (χ3n) is 4.13. The van der Waals surface area contributed by atoms with Crippen LogP contribution in [0.2, 0.25) is 0 Å². The first-order valence-corrected chi connectivity index (χ1v) is 6.75. The van der Waals surface area contributed by atoms with Crippen molar-refractivity contribution in [2.24, 2.45) is 0 Å². The number of hydrogen-bond acceptors (Lipinski definition) is 2. The van der Waals surface area contributed by atoms with E-state index in [0.29, 0.717) is 0 Å². The summed E-state index contributed by atoms with van der Waals surface area (Å²) in [5, 5.41) is 16.2. The summed E-state index contributed by atoms with van der Waals surface area (Å²) in [4.78, 5) is 0. The molecule has 0 aliphatic rings. The van der Waals surface area contributed by atoms with Crippen molar-refractivity contribution in [3.63, 3.8) is 0 Å². The molecule has 19 heavy (non-hydrogen) atoms. The first-order valence-electron chi connectivity index (χ1n) is 6.75. The summed E-state index contributed by atoms with van der Waals surface area (Å²) in [6, 6.07) is 14.7. The molecule has 0 bridgehead atoms. The lowest BCUT2D eigenvalue weighted by atomic mass is 9.85. The van der Waals surface area contributed by atoms with Crippen LogP contribution in [0.3, 0.4) is 0 Å². The van der Waals surface area contributed by atoms with E-state index in [2.05, 4.69) is 47.8 Å². The summed E-state index contributed by atoms with van der Waals surface area (Å²) < 4.78 is 0. The summed E-state index contributed by atoms with van der Waals surface area (Å²) in [6.45, 7) is 8.47. The summed E-state index contributed by atoms with van der Waals surface area (Å²) in [7, 11) is 0. The number of nitrogens with one attached hydrogen (secondary N) is 1. The Kier molecular flexibility index (Phi) is 3.66. The van der Waals surface area contributed by atoms with Gasteiger partial charge in [-0.3, -0.25) is 0 Å². The van der Waals surface area contributed by atoms with Crippen molar-refractivity contribution in [1.29, 1.82) is 0 Å². The molecular formula is C17H23NO. The fraction of sp³-hybridized carbons (Fsp3) is 0.412. The van der Waals surface area contributed by atoms with E-state index in [1.807, 2.05) is 27.7 Å². The molecule has 0 unspecified atom stereocenters. The van der Waals surface area contributed by atoms with Crippen LogP contribution in [0.1, 0.15) is 33.3 Å². The molecule has 2 nitrogen and oxygen atoms in total. The SMILES string of the molecule is CC(C)(O)C(C)(C)NCc1cccc2ccccc12. The van der Waals surface area contributed by atoms with Crippen LogP contribution < -0.4 is 5.32 Å². The van der Waals surface area contributed by atoms with Gasteiger partial charge in [-0.25, -0.2) is 0 Å². The van der Waals surface area contributed by atoms with Gasteiger partial charge in [0.15, 0.2) is 0 Å². The second kappa shape index (κ2) is 4.95. The van der Waals surface area contributed by atoms with Crippen LogP contribution in [0.5, 0.6) is 0 Å². The fourth-order valence-corrected chi connectivity index (χ4v) is 1.98. The highest BCUT2D eigenvalue weighted by Crippen LogP contribution is 2.23. The molecule has 0 saturated carbocycles. The Bertz CT molecular complexity index is 561. The van der Waals surface area contributed by atoms with E-state index in [4.69, 9.17) is 0 Å². The highest BCUT2D eigenvalue weighted by Gasteiger charge is 2.34. The van der Waals surface area contributed by atoms with E-state index in [0.717, 1.165) is 6.54 Å². The van der Waals surface area contributed by atoms with Crippen molar-refractivity contribution in [2.75, 3.05) is 0 Å². The molecule has 2 rings (SSSR count). The molecular weight excluding hydrogens is 234 g/mol. The van der Waals surface area contributed by atoms with Gasteiger partial charge in [0.2, 0.25) is 0 Å². The van der Waals surface area contributed by atoms with Crippen molar-refractivity contribution >= 4 is 10.8 Å². The second-order valence-electron chi connectivity index (χ2n) is 6.18. The fourth-order valence-electron chi connectivity index (χ4n) is 1.98. The van der Waals surface area contributed by atoms with Gasteiger partial charge in [-0.15, -0.1) is 0 Å². The number of rotatable bonds is 4. The van der Waals surface area contributed by atoms with Gasteiger partial charge in [0.05, 0.1) is 5.60 Å². The highest BCUT2D eigenvalue weighted by molar-refractivity contribution is 5.85. The van der Waals surface area contributed by atoms with Gasteiger partial charge in [-0.05, 0) is 44.0 Å². The van der Waals surface area contributed by atoms with E-state index < -0.39 is 5.60 Å². The Hall–Kier alpha value is -1.38. The van der Waals surface area contributed by atoms with Crippen molar-refractivity contribution in [2.45, 2.75) is 45.4 Å². The largest absolute Gasteiger partial charge is 0.389 e. The smallest absolute Gasteiger partial charge is 0.0767 e. The van der Waals surface area contributed by atoms with Gasteiger partial charge in [0, 0.05) is 12.1 Å². The van der Waals surface area contributed by atoms with Crippen LogP contribution in [0.25, 0.3) is 10.8 Å². The maximum absolute atomic E-state index is 10.2. The third-order valence-corrected chi connectivity index (χ3v) is 4.13. The maximum atomic E-state index is 10.2. The van der Waals surface area contributed by atoms with E-state index in [9.17, 15) is 5.11 Å². The number of hydrogen-bond donors (Lipinski definition) is 2. The van der Waals surface area contributed by atoms with Gasteiger partial charge >= 0.3 is 0 Å². The predicted molar refractivity (Wildman–Crippen MR) is 81.2 cm³/mol. The van der Waals surface area contributed by atoms with Gasteiger partial charge in [-0.2, -0.15) is 0 Å². The maximum Gasteiger partial charge on any atom is 0.0767 e. The number of aliphatic hydroxyl groups is 1. The molecule has 2 N–H and O–H groups in total. The number of benzene rings is 2. The van der Waals surface area contributed by atoms with Crippen LogP contribution in [0, 0.1) is 0 Å². The van der Waals surface area contributed by atoms with Crippen LogP contribution in [-0.4, -0.2) is 16.2 Å². The van der Waals surface area contributed by atoms with E-state index in [-0.39, 0.29) is 5.54 Å². The van der Waals surface area contributed by atoms with Gasteiger partial charge in [0.25, 0.3) is 0 Å². The minimum Gasteiger partial charge on any atom is -0.389 e. The van der Waals surface area contributed by atoms with Gasteiger partial charge in [-0.1, -0.05) is 42.5 Å². The molecule has 0 aromatic heterocycles. The molecule has 0 atom stereocenters. The van der Waals surface area contributed by atoms with Crippen molar-refractivity contribution in [3.8, 4) is 0 Å². The molecule has 0 radical (unpaired) electrons. The Morgan fingerprint density at radius 2 is 1.58 bits per heavy atom. The van der Waals surface area contributed by atoms with Gasteiger partial charge in [0.1, 0.15) is 0 Å². The minimum absolute atomic E-state index is 0.343. The molecule has 0 heterocycles. The molecule has 0 aliphatic carbocycles. The highest BCUT2D eigenvalue weighted by atomic mass is 16.3. The molecule has 0 aliphatic heterocycles. The minimum atomic E-state index is -0.766. The predicted octanol–water partition coefficient (Wildman–Crippen LogP) is 3.48. The average Bonchev–Trinajstić information content (AvgIpc) is 2.35. The molecule has 0 amide bonds. The van der Waals surface area contributed by atoms with E-state index >= 15 is 0 Å². The molecule has 2 aromatic rings. The van der Waals surface area contributed by atoms with E-state index in [1.165, 1.54) is 16.3 Å². The van der Waals surface area contributed by atoms with Crippen molar-refractivity contribution in [1.82, 2.24) is 5.32 Å². The lowest BCUT2D eigenvalue weighted by Gasteiger charge is -2.38. The van der Waals surface area contributed by atoms with Crippen molar-refractivity contribution < 1.29 is 5.11 Å². The first kappa shape index (κ1) is 14.0. The van der Waals surface area contributed by atoms with Crippen molar-refractivity contribution in [3.05, 3.63) is 48.0 Å². The molecule has 102 valence electrons. The quantitative estimate of drug-likeness (QED) is 0.879. The standard InChI is InChI=1S/C17H23NO/c1-16(2,17(3,4)19)18-12-14-10-7-9-13-8-5-6-11-15(13)14/h5-11,18-19H,12H2,1-4H3. The zero-order chi connectivity index (χ0) is 14.1. The zero-order valence-electron chi connectivity index (χ0n) is 12.2. The normalized spacial score (nSPS) is 12.9. The first-order chi connectivity index (χ1) is 8.81. The molecule has 2 aromatic carbocycles. The Labute approximate surface area is 115 Å². The zero-order valence-corrected chi connectivity index (χ0v) is 12.2. The topological polar surface area (TPSA) is 32.3 Å². The lowest BCUT2D eigenvalue weighted by Crippen LogP contribution is -2.55. The lowest BCUT2D eigenvalue weighted by molar-refractivity contribution is -0.00527. The molecule has 0 saturated heterocycles. The summed E-state index contributed by atoms with van der Waals surface area (Å²) in [5.41, 5.74) is 0.150. The van der Waals surface area contributed by atoms with E-state index in [1.54, 1.807) is 0 Å². The summed E-state index contributed by atoms with van der Waals surface area (Å²) >= 11 is 0. The molecule has 0 fully saturated rings. The summed E-state index contributed by atoms with van der Waals surface area (Å²) in [5.74, 6) is 0. The second-order valence-corrected chi connectivity index (χ2v) is 6.18. The van der Waals surface area contributed by atoms with Crippen LogP contribution in [-0.2, 0) is 6.54 Å². The average molecular weight is 257 g/mol. The Morgan fingerprint density at radius 1 is 0.947 bits per heavy atom. The number of fused-ring (bicyclic) bond motifs is 1. The molecule has 0 spiro atoms. The van der Waals surface area contributed by atoms with Gasteiger partial charge < -0.3 is 10.4 Å². The molecule has 2 heteroatoms. The summed E-state index contributed by atoms with van der Waals surface area (Å²) in [6.07, 6.45) is 0. The van der Waals surface area contributed by atoms with Crippen LogP contribution >= 0.6 is 0 Å². The van der Waals surface area contributed by atoms with Crippen LogP contribution in [0.4, 0.5) is 0 Å². The van der Waals surface area contributed by atoms with Crippen LogP contribution in [0.15, 0.2) is 42.5 Å².